The smallest absolute Gasteiger partial charge is 0.271 e. The number of amides is 1. The van der Waals surface area contributed by atoms with Crippen LogP contribution in [0.1, 0.15) is 12.6 Å². The van der Waals surface area contributed by atoms with E-state index in [0.717, 1.165) is 17.1 Å². The van der Waals surface area contributed by atoms with E-state index in [1.54, 1.807) is 10.7 Å². The van der Waals surface area contributed by atoms with Gasteiger partial charge in [0.1, 0.15) is 0 Å². The van der Waals surface area contributed by atoms with Gasteiger partial charge in [-0.3, -0.25) is 14.3 Å². The van der Waals surface area contributed by atoms with Crippen molar-refractivity contribution in [2.45, 2.75) is 13.8 Å². The highest BCUT2D eigenvalue weighted by Crippen LogP contribution is 2.05. The minimum atomic E-state index is -0.0359. The molecule has 0 saturated heterocycles. The maximum absolute atomic E-state index is 11.6. The Morgan fingerprint density at radius 2 is 1.50 bits per heavy atom. The van der Waals surface area contributed by atoms with E-state index in [9.17, 15) is 9.59 Å². The predicted octanol–water partition coefficient (Wildman–Crippen LogP) is 3.13. The van der Waals surface area contributed by atoms with Gasteiger partial charge in [-0.05, 0) is 31.2 Å². The Hall–Kier alpha value is -3.08. The number of hydrogen-bond donors (Lipinski definition) is 1. The first kappa shape index (κ1) is 17.3. The molecule has 0 aliphatic carbocycles. The molecule has 124 valence electrons. The van der Waals surface area contributed by atoms with Crippen molar-refractivity contribution in [2.75, 3.05) is 5.32 Å². The van der Waals surface area contributed by atoms with Crippen LogP contribution in [0, 0.1) is 6.92 Å². The monoisotopic (exact) mass is 323 g/mol. The van der Waals surface area contributed by atoms with Crippen molar-refractivity contribution in [3.63, 3.8) is 0 Å². The summed E-state index contributed by atoms with van der Waals surface area (Å²) < 4.78 is 3.49. The third-order valence-electron chi connectivity index (χ3n) is 3.45. The van der Waals surface area contributed by atoms with Crippen LogP contribution in [0.2, 0.25) is 0 Å². The Kier molecular flexibility index (Phi) is 5.73. The normalized spacial score (nSPS) is 9.79. The van der Waals surface area contributed by atoms with Crippen LogP contribution in [-0.2, 0) is 11.8 Å². The molecule has 5 nitrogen and oxygen atoms in total. The summed E-state index contributed by atoms with van der Waals surface area (Å²) in [6, 6.07) is 20.6. The number of anilines is 1. The van der Waals surface area contributed by atoms with Gasteiger partial charge in [0.05, 0.1) is 5.69 Å². The molecule has 24 heavy (non-hydrogen) atoms. The number of hydrogen-bond acceptors (Lipinski definition) is 2. The number of para-hydroxylation sites is 2. The standard InChI is InChI=1S/C11H12N2O.C8H9NO/c1-9-8-11(14)13(12(9)2)10-6-4-3-5-7-10;1-7(10)9-8-5-3-2-4-6-8/h3-8H,1-2H3;2-6H,1H3,(H,9,10). The molecular formula is C19H21N3O2. The lowest BCUT2D eigenvalue weighted by molar-refractivity contribution is -0.114. The van der Waals surface area contributed by atoms with E-state index < -0.39 is 0 Å². The van der Waals surface area contributed by atoms with Crippen molar-refractivity contribution >= 4 is 11.6 Å². The Morgan fingerprint density at radius 3 is 1.96 bits per heavy atom. The molecule has 2 aromatic carbocycles. The maximum Gasteiger partial charge on any atom is 0.271 e. The van der Waals surface area contributed by atoms with Gasteiger partial charge in [0, 0.05) is 31.4 Å². The van der Waals surface area contributed by atoms with Crippen molar-refractivity contribution in [2.24, 2.45) is 7.05 Å². The molecule has 0 aliphatic heterocycles. The summed E-state index contributed by atoms with van der Waals surface area (Å²) in [5.41, 5.74) is 2.71. The molecule has 0 unspecified atom stereocenters. The Bertz CT molecular complexity index is 849. The van der Waals surface area contributed by atoms with E-state index in [2.05, 4.69) is 5.32 Å². The summed E-state index contributed by atoms with van der Waals surface area (Å²) in [5, 5.41) is 2.67. The van der Waals surface area contributed by atoms with Crippen LogP contribution in [0.3, 0.4) is 0 Å². The van der Waals surface area contributed by atoms with E-state index in [4.69, 9.17) is 0 Å². The molecule has 5 heteroatoms. The first-order valence-corrected chi connectivity index (χ1v) is 7.62. The number of nitrogens with one attached hydrogen (secondary N) is 1. The van der Waals surface area contributed by atoms with Crippen LogP contribution >= 0.6 is 0 Å². The highest BCUT2D eigenvalue weighted by atomic mass is 16.1. The molecule has 0 aliphatic rings. The van der Waals surface area contributed by atoms with Crippen molar-refractivity contribution in [1.29, 1.82) is 0 Å². The number of carbonyl (C=O) groups is 1. The second-order valence-corrected chi connectivity index (χ2v) is 5.34. The van der Waals surface area contributed by atoms with Gasteiger partial charge in [0.25, 0.3) is 5.56 Å². The van der Waals surface area contributed by atoms with Gasteiger partial charge in [-0.1, -0.05) is 36.4 Å². The molecule has 0 radical (unpaired) electrons. The van der Waals surface area contributed by atoms with Crippen LogP contribution in [0.4, 0.5) is 5.69 Å². The lowest BCUT2D eigenvalue weighted by atomic mass is 10.3. The second kappa shape index (κ2) is 7.97. The summed E-state index contributed by atoms with van der Waals surface area (Å²) in [6.45, 7) is 3.41. The quantitative estimate of drug-likeness (QED) is 0.788. The van der Waals surface area contributed by atoms with E-state index in [1.807, 2.05) is 79.3 Å². The number of rotatable bonds is 2. The van der Waals surface area contributed by atoms with Gasteiger partial charge >= 0.3 is 0 Å². The van der Waals surface area contributed by atoms with Gasteiger partial charge < -0.3 is 5.32 Å². The fraction of sp³-hybridized carbons (Fsp3) is 0.158. The average Bonchev–Trinajstić information content (AvgIpc) is 2.82. The maximum atomic E-state index is 11.6. The highest BCUT2D eigenvalue weighted by molar-refractivity contribution is 5.88. The molecule has 0 atom stereocenters. The summed E-state index contributed by atoms with van der Waals surface area (Å²) in [7, 11) is 1.88. The molecule has 0 spiro atoms. The first-order valence-electron chi connectivity index (χ1n) is 7.62. The SMILES string of the molecule is CC(=O)Nc1ccccc1.Cc1cc(=O)n(-c2ccccc2)n1C. The summed E-state index contributed by atoms with van der Waals surface area (Å²) in [5.74, 6) is -0.0359. The molecule has 3 aromatic rings. The predicted molar refractivity (Wildman–Crippen MR) is 96.5 cm³/mol. The molecule has 1 amide bonds. The summed E-state index contributed by atoms with van der Waals surface area (Å²) >= 11 is 0. The zero-order chi connectivity index (χ0) is 17.5. The van der Waals surface area contributed by atoms with E-state index in [0.29, 0.717) is 0 Å². The summed E-state index contributed by atoms with van der Waals surface area (Å²) in [4.78, 5) is 22.1. The number of carbonyl (C=O) groups excluding carboxylic acids is 1. The lowest BCUT2D eigenvalue weighted by Crippen LogP contribution is -2.18. The van der Waals surface area contributed by atoms with Crippen molar-refractivity contribution < 1.29 is 4.79 Å². The number of aromatic nitrogens is 2. The van der Waals surface area contributed by atoms with Crippen molar-refractivity contribution in [3.8, 4) is 5.69 Å². The molecule has 1 aromatic heterocycles. The minimum absolute atomic E-state index is 0.0104. The molecule has 1 N–H and O–H groups in total. The molecule has 3 rings (SSSR count). The Labute approximate surface area is 141 Å². The van der Waals surface area contributed by atoms with E-state index >= 15 is 0 Å². The topological polar surface area (TPSA) is 56.0 Å². The Morgan fingerprint density at radius 1 is 0.958 bits per heavy atom. The number of nitrogens with zero attached hydrogens (tertiary/aromatic N) is 2. The van der Waals surface area contributed by atoms with Crippen LogP contribution in [0.25, 0.3) is 5.69 Å². The van der Waals surface area contributed by atoms with E-state index in [1.165, 1.54) is 6.92 Å². The van der Waals surface area contributed by atoms with Crippen molar-refractivity contribution in [1.82, 2.24) is 9.36 Å². The van der Waals surface area contributed by atoms with Crippen LogP contribution < -0.4 is 10.9 Å². The minimum Gasteiger partial charge on any atom is -0.326 e. The van der Waals surface area contributed by atoms with Gasteiger partial charge in [-0.2, -0.15) is 0 Å². The molecule has 0 fully saturated rings. The van der Waals surface area contributed by atoms with Crippen LogP contribution in [0.5, 0.6) is 0 Å². The molecular weight excluding hydrogens is 302 g/mol. The van der Waals surface area contributed by atoms with Crippen LogP contribution in [0.15, 0.2) is 71.5 Å². The fourth-order valence-electron chi connectivity index (χ4n) is 2.23. The molecule has 0 saturated carbocycles. The number of aryl methyl sites for hydroxylation is 1. The zero-order valence-electron chi connectivity index (χ0n) is 14.1. The zero-order valence-corrected chi connectivity index (χ0v) is 14.1. The number of benzene rings is 2. The van der Waals surface area contributed by atoms with Gasteiger partial charge in [0.2, 0.25) is 5.91 Å². The third kappa shape index (κ3) is 4.46. The lowest BCUT2D eigenvalue weighted by Gasteiger charge is -2.07. The van der Waals surface area contributed by atoms with E-state index in [-0.39, 0.29) is 11.5 Å². The third-order valence-corrected chi connectivity index (χ3v) is 3.45. The average molecular weight is 323 g/mol. The molecule has 0 bridgehead atoms. The van der Waals surface area contributed by atoms with Crippen LogP contribution in [-0.4, -0.2) is 15.3 Å². The second-order valence-electron chi connectivity index (χ2n) is 5.34. The molecule has 1 heterocycles. The first-order chi connectivity index (χ1) is 11.5. The summed E-state index contributed by atoms with van der Waals surface area (Å²) in [6.07, 6.45) is 0. The van der Waals surface area contributed by atoms with Gasteiger partial charge in [-0.15, -0.1) is 0 Å². The van der Waals surface area contributed by atoms with Crippen molar-refractivity contribution in [3.05, 3.63) is 82.8 Å². The Balaban J connectivity index is 0.000000185. The largest absolute Gasteiger partial charge is 0.326 e. The van der Waals surface area contributed by atoms with Gasteiger partial charge in [-0.25, -0.2) is 4.68 Å². The highest BCUT2D eigenvalue weighted by Gasteiger charge is 2.05. The van der Waals surface area contributed by atoms with Gasteiger partial charge in [0.15, 0.2) is 0 Å². The fourth-order valence-corrected chi connectivity index (χ4v) is 2.23.